The van der Waals surface area contributed by atoms with E-state index in [1.807, 2.05) is 19.1 Å². The number of benzene rings is 2. The summed E-state index contributed by atoms with van der Waals surface area (Å²) in [6, 6.07) is 14.7. The van der Waals surface area contributed by atoms with Crippen LogP contribution in [-0.2, 0) is 0 Å². The number of carbonyl (C=O) groups is 1. The quantitative estimate of drug-likeness (QED) is 0.490. The van der Waals surface area contributed by atoms with Crippen LogP contribution >= 0.6 is 0 Å². The van der Waals surface area contributed by atoms with Crippen molar-refractivity contribution in [2.24, 2.45) is 0 Å². The number of fused-ring (bicyclic) bond motifs is 3. The van der Waals surface area contributed by atoms with E-state index in [0.717, 1.165) is 15.8 Å². The number of hydrogen-bond acceptors (Lipinski definition) is 5. The lowest BCUT2D eigenvalue weighted by Crippen LogP contribution is -2.33. The molecule has 5 rings (SSSR count). The molecule has 2 aromatic carbocycles. The third-order valence-electron chi connectivity index (χ3n) is 5.03. The number of halogens is 1. The Labute approximate surface area is 174 Å². The number of carbonyl (C=O) groups excluding carboxylic acids is 1. The van der Waals surface area contributed by atoms with E-state index in [1.165, 1.54) is 22.8 Å². The zero-order valence-corrected chi connectivity index (χ0v) is 16.3. The Morgan fingerprint density at radius 2 is 1.81 bits per heavy atom. The van der Waals surface area contributed by atoms with E-state index >= 15 is 0 Å². The molecule has 0 aliphatic heterocycles. The lowest BCUT2D eigenvalue weighted by atomic mass is 10.1. The molecule has 0 fully saturated rings. The maximum atomic E-state index is 13.2. The third kappa shape index (κ3) is 3.12. The van der Waals surface area contributed by atoms with E-state index in [2.05, 4.69) is 20.7 Å². The number of amides is 1. The summed E-state index contributed by atoms with van der Waals surface area (Å²) < 4.78 is 15.8. The number of aryl methyl sites for hydroxylation is 1. The molecule has 0 atom stereocenters. The molecular formula is C22H15FN6O2. The van der Waals surface area contributed by atoms with Gasteiger partial charge in [0.2, 0.25) is 0 Å². The highest BCUT2D eigenvalue weighted by Gasteiger charge is 2.16. The summed E-state index contributed by atoms with van der Waals surface area (Å²) in [5, 5.41) is 12.5. The first-order chi connectivity index (χ1) is 15.0. The number of hydrogen-bond donors (Lipinski definition) is 1. The lowest BCUT2D eigenvalue weighted by molar-refractivity contribution is 0.101. The Hall–Kier alpha value is -4.40. The normalized spacial score (nSPS) is 11.2. The molecule has 0 spiro atoms. The molecule has 9 heteroatoms. The highest BCUT2D eigenvalue weighted by atomic mass is 19.1. The number of nitrogens with one attached hydrogen (secondary N) is 1. The van der Waals surface area contributed by atoms with Crippen LogP contribution in [0, 0.1) is 12.7 Å². The van der Waals surface area contributed by atoms with Gasteiger partial charge in [0.25, 0.3) is 11.5 Å². The minimum absolute atomic E-state index is 0.0499. The number of pyridine rings is 1. The van der Waals surface area contributed by atoms with Crippen LogP contribution in [0.25, 0.3) is 27.8 Å². The molecule has 3 aromatic heterocycles. The maximum Gasteiger partial charge on any atom is 0.299 e. The van der Waals surface area contributed by atoms with Crippen LogP contribution in [-0.4, -0.2) is 30.4 Å². The highest BCUT2D eigenvalue weighted by Crippen LogP contribution is 2.24. The summed E-state index contributed by atoms with van der Waals surface area (Å²) in [5.74, 6) is -0.753. The van der Waals surface area contributed by atoms with Crippen molar-refractivity contribution in [3.05, 3.63) is 94.3 Å². The van der Waals surface area contributed by atoms with E-state index < -0.39 is 11.5 Å². The van der Waals surface area contributed by atoms with Crippen LogP contribution in [0.4, 0.5) is 4.39 Å². The minimum atomic E-state index is -0.535. The van der Waals surface area contributed by atoms with Crippen LogP contribution in [0.5, 0.6) is 0 Å². The van der Waals surface area contributed by atoms with Crippen molar-refractivity contribution in [1.29, 1.82) is 0 Å². The van der Waals surface area contributed by atoms with Gasteiger partial charge in [0.05, 0.1) is 6.20 Å². The number of nitrogens with zero attached hydrogens (tertiary/aromatic N) is 5. The molecule has 0 radical (unpaired) electrons. The standard InChI is InChI=1S/C22H15FN6O2/c1-13-4-2-3-5-16(13)21(30)27-28-11-10-18-19(22(28)31)25-26-20-17(12-24-29(18)20)14-6-8-15(23)9-7-14/h2-12H,1H3,(H,27,30). The Bertz CT molecular complexity index is 1520. The fraction of sp³-hybridized carbons (Fsp3) is 0.0455. The zero-order chi connectivity index (χ0) is 21.5. The van der Waals surface area contributed by atoms with E-state index in [4.69, 9.17) is 0 Å². The lowest BCUT2D eigenvalue weighted by Gasteiger charge is -2.10. The summed E-state index contributed by atoms with van der Waals surface area (Å²) in [6.07, 6.45) is 3.03. The first-order valence-electron chi connectivity index (χ1n) is 9.41. The van der Waals surface area contributed by atoms with Gasteiger partial charge in [0.1, 0.15) is 11.3 Å². The zero-order valence-electron chi connectivity index (χ0n) is 16.3. The molecule has 8 nitrogen and oxygen atoms in total. The highest BCUT2D eigenvalue weighted by molar-refractivity contribution is 6.01. The van der Waals surface area contributed by atoms with Crippen molar-refractivity contribution >= 4 is 22.6 Å². The topological polar surface area (TPSA) is 94.2 Å². The molecule has 0 aliphatic carbocycles. The fourth-order valence-corrected chi connectivity index (χ4v) is 3.41. The van der Waals surface area contributed by atoms with Crippen molar-refractivity contribution in [2.75, 3.05) is 5.43 Å². The van der Waals surface area contributed by atoms with Gasteiger partial charge in [-0.15, -0.1) is 10.2 Å². The van der Waals surface area contributed by atoms with Gasteiger partial charge in [-0.1, -0.05) is 30.3 Å². The van der Waals surface area contributed by atoms with E-state index in [9.17, 15) is 14.0 Å². The molecule has 1 amide bonds. The molecule has 0 aliphatic rings. The van der Waals surface area contributed by atoms with Crippen molar-refractivity contribution in [3.8, 4) is 11.1 Å². The van der Waals surface area contributed by atoms with Gasteiger partial charge in [-0.3, -0.25) is 15.0 Å². The van der Waals surface area contributed by atoms with E-state index in [1.54, 1.807) is 36.5 Å². The van der Waals surface area contributed by atoms with E-state index in [-0.39, 0.29) is 11.3 Å². The summed E-state index contributed by atoms with van der Waals surface area (Å²) in [7, 11) is 0. The van der Waals surface area contributed by atoms with Gasteiger partial charge in [0.15, 0.2) is 11.2 Å². The summed E-state index contributed by atoms with van der Waals surface area (Å²) in [5.41, 5.74) is 5.60. The van der Waals surface area contributed by atoms with Crippen molar-refractivity contribution in [3.63, 3.8) is 0 Å². The second-order valence-corrected chi connectivity index (χ2v) is 6.98. The van der Waals surface area contributed by atoms with Crippen LogP contribution < -0.4 is 11.0 Å². The van der Waals surface area contributed by atoms with Crippen molar-refractivity contribution in [2.45, 2.75) is 6.92 Å². The SMILES string of the molecule is Cc1ccccc1C(=O)Nn1ccc2c(nnc3c(-c4ccc(F)cc4)cnn32)c1=O. The Balaban J connectivity index is 1.57. The largest absolute Gasteiger partial charge is 0.299 e. The van der Waals surface area contributed by atoms with Crippen LogP contribution in [0.1, 0.15) is 15.9 Å². The average molecular weight is 414 g/mol. The fourth-order valence-electron chi connectivity index (χ4n) is 3.41. The first-order valence-corrected chi connectivity index (χ1v) is 9.41. The van der Waals surface area contributed by atoms with Gasteiger partial charge < -0.3 is 0 Å². The second kappa shape index (κ2) is 7.13. The monoisotopic (exact) mass is 414 g/mol. The summed E-state index contributed by atoms with van der Waals surface area (Å²) in [6.45, 7) is 1.82. The maximum absolute atomic E-state index is 13.2. The third-order valence-corrected chi connectivity index (χ3v) is 5.03. The van der Waals surface area contributed by atoms with Crippen molar-refractivity contribution in [1.82, 2.24) is 24.5 Å². The smallest absolute Gasteiger partial charge is 0.267 e. The van der Waals surface area contributed by atoms with Gasteiger partial charge in [-0.25, -0.2) is 13.6 Å². The number of rotatable bonds is 3. The predicted octanol–water partition coefficient (Wildman–Crippen LogP) is 2.94. The Morgan fingerprint density at radius 1 is 1.03 bits per heavy atom. The predicted molar refractivity (Wildman–Crippen MR) is 113 cm³/mol. The minimum Gasteiger partial charge on any atom is -0.267 e. The number of aromatic nitrogens is 5. The van der Waals surface area contributed by atoms with E-state index in [0.29, 0.717) is 22.3 Å². The molecule has 1 N–H and O–H groups in total. The van der Waals surface area contributed by atoms with Crippen molar-refractivity contribution < 1.29 is 9.18 Å². The average Bonchev–Trinajstić information content (AvgIpc) is 3.21. The van der Waals surface area contributed by atoms with Gasteiger partial charge in [-0.05, 0) is 42.3 Å². The molecule has 5 aromatic rings. The molecule has 0 unspecified atom stereocenters. The molecule has 3 heterocycles. The second-order valence-electron chi connectivity index (χ2n) is 6.98. The van der Waals surface area contributed by atoms with Crippen LogP contribution in [0.15, 0.2) is 71.8 Å². The van der Waals surface area contributed by atoms with Gasteiger partial charge >= 0.3 is 0 Å². The molecular weight excluding hydrogens is 399 g/mol. The molecule has 31 heavy (non-hydrogen) atoms. The Morgan fingerprint density at radius 3 is 2.58 bits per heavy atom. The molecule has 152 valence electrons. The molecule has 0 saturated carbocycles. The van der Waals surface area contributed by atoms with Crippen LogP contribution in [0.2, 0.25) is 0 Å². The Kier molecular flexibility index (Phi) is 4.28. The summed E-state index contributed by atoms with van der Waals surface area (Å²) >= 11 is 0. The van der Waals surface area contributed by atoms with Gasteiger partial charge in [0, 0.05) is 17.3 Å². The molecule has 0 bridgehead atoms. The first kappa shape index (κ1) is 18.6. The summed E-state index contributed by atoms with van der Waals surface area (Å²) in [4.78, 5) is 25.5. The van der Waals surface area contributed by atoms with Crippen LogP contribution in [0.3, 0.4) is 0 Å². The van der Waals surface area contributed by atoms with Gasteiger partial charge in [-0.2, -0.15) is 5.10 Å². The molecule has 0 saturated heterocycles.